The second-order valence-electron chi connectivity index (χ2n) is 5.55. The number of rotatable bonds is 9. The molecule has 6 heteroatoms. The number of benzene rings is 1. The molecule has 1 N–H and O–H groups in total. The zero-order chi connectivity index (χ0) is 16.5. The van der Waals surface area contributed by atoms with Crippen molar-refractivity contribution in [2.75, 3.05) is 26.4 Å². The maximum Gasteiger partial charge on any atom is 0.260 e. The van der Waals surface area contributed by atoms with Crippen LogP contribution in [0.15, 0.2) is 24.3 Å². The highest BCUT2D eigenvalue weighted by molar-refractivity contribution is 6.32. The van der Waals surface area contributed by atoms with Gasteiger partial charge in [0.25, 0.3) is 5.91 Å². The van der Waals surface area contributed by atoms with E-state index >= 15 is 0 Å². The summed E-state index contributed by atoms with van der Waals surface area (Å²) in [6.45, 7) is 4.35. The van der Waals surface area contributed by atoms with Gasteiger partial charge in [-0.1, -0.05) is 23.7 Å². The van der Waals surface area contributed by atoms with E-state index in [-0.39, 0.29) is 12.0 Å². The summed E-state index contributed by atoms with van der Waals surface area (Å²) in [5.74, 6) is 0.348. The molecule has 1 amide bonds. The van der Waals surface area contributed by atoms with Crippen LogP contribution in [0.2, 0.25) is 5.02 Å². The van der Waals surface area contributed by atoms with Gasteiger partial charge in [0.2, 0.25) is 0 Å². The van der Waals surface area contributed by atoms with E-state index in [2.05, 4.69) is 5.32 Å². The van der Waals surface area contributed by atoms with Gasteiger partial charge in [0.05, 0.1) is 17.7 Å². The minimum atomic E-state index is -0.595. The topological polar surface area (TPSA) is 56.8 Å². The molecule has 0 spiro atoms. The maximum atomic E-state index is 12.0. The van der Waals surface area contributed by atoms with Crippen molar-refractivity contribution < 1.29 is 19.0 Å². The van der Waals surface area contributed by atoms with Crippen molar-refractivity contribution >= 4 is 17.5 Å². The molecule has 0 aromatic heterocycles. The predicted octanol–water partition coefficient (Wildman–Crippen LogP) is 2.81. The smallest absolute Gasteiger partial charge is 0.260 e. The molecule has 2 rings (SSSR count). The second kappa shape index (κ2) is 9.75. The average Bonchev–Trinajstić information content (AvgIpc) is 3.06. The van der Waals surface area contributed by atoms with Gasteiger partial charge in [0.1, 0.15) is 5.75 Å². The second-order valence-corrected chi connectivity index (χ2v) is 5.95. The van der Waals surface area contributed by atoms with E-state index in [0.29, 0.717) is 30.5 Å². The summed E-state index contributed by atoms with van der Waals surface area (Å²) in [4.78, 5) is 12.0. The van der Waals surface area contributed by atoms with E-state index in [1.54, 1.807) is 19.1 Å². The van der Waals surface area contributed by atoms with Crippen LogP contribution in [0.3, 0.4) is 0 Å². The van der Waals surface area contributed by atoms with Crippen molar-refractivity contribution in [3.63, 3.8) is 0 Å². The third kappa shape index (κ3) is 6.37. The fourth-order valence-electron chi connectivity index (χ4n) is 2.30. The highest BCUT2D eigenvalue weighted by Crippen LogP contribution is 2.24. The van der Waals surface area contributed by atoms with Crippen molar-refractivity contribution in [3.8, 4) is 5.75 Å². The summed E-state index contributed by atoms with van der Waals surface area (Å²) in [5, 5.41) is 3.33. The van der Waals surface area contributed by atoms with Gasteiger partial charge in [-0.25, -0.2) is 0 Å². The lowest BCUT2D eigenvalue weighted by Gasteiger charge is -2.15. The number of para-hydroxylation sites is 1. The van der Waals surface area contributed by atoms with Crippen LogP contribution < -0.4 is 10.1 Å². The Kier molecular flexibility index (Phi) is 7.65. The highest BCUT2D eigenvalue weighted by Gasteiger charge is 2.16. The third-order valence-electron chi connectivity index (χ3n) is 3.60. The number of carbonyl (C=O) groups is 1. The number of halogens is 1. The monoisotopic (exact) mass is 341 g/mol. The Hall–Kier alpha value is -1.30. The molecule has 1 aliphatic heterocycles. The van der Waals surface area contributed by atoms with Crippen LogP contribution in [0.5, 0.6) is 5.75 Å². The first-order valence-electron chi connectivity index (χ1n) is 8.05. The largest absolute Gasteiger partial charge is 0.479 e. The molecular formula is C17H24ClNO4. The lowest BCUT2D eigenvalue weighted by atomic mass is 10.2. The zero-order valence-corrected chi connectivity index (χ0v) is 14.2. The Bertz CT molecular complexity index is 491. The van der Waals surface area contributed by atoms with Gasteiger partial charge in [0, 0.05) is 19.8 Å². The molecule has 2 atom stereocenters. The summed E-state index contributed by atoms with van der Waals surface area (Å²) in [6.07, 6.45) is 2.61. The summed E-state index contributed by atoms with van der Waals surface area (Å²) in [6, 6.07) is 7.10. The van der Waals surface area contributed by atoms with Crippen LogP contribution in [0.4, 0.5) is 0 Å². The van der Waals surface area contributed by atoms with Gasteiger partial charge >= 0.3 is 0 Å². The van der Waals surface area contributed by atoms with Crippen molar-refractivity contribution in [1.29, 1.82) is 0 Å². The van der Waals surface area contributed by atoms with Crippen molar-refractivity contribution in [2.45, 2.75) is 38.4 Å². The van der Waals surface area contributed by atoms with Gasteiger partial charge < -0.3 is 19.5 Å². The highest BCUT2D eigenvalue weighted by atomic mass is 35.5. The number of hydrogen-bond donors (Lipinski definition) is 1. The summed E-state index contributed by atoms with van der Waals surface area (Å²) in [7, 11) is 0. The molecule has 0 saturated carbocycles. The van der Waals surface area contributed by atoms with E-state index < -0.39 is 6.10 Å². The molecule has 2 unspecified atom stereocenters. The standard InChI is InChI=1S/C17H24ClNO4/c1-13(23-16-8-3-2-7-15(16)18)17(20)19-9-5-10-21-12-14-6-4-11-22-14/h2-3,7-8,13-14H,4-6,9-12H2,1H3,(H,19,20). The van der Waals surface area contributed by atoms with Gasteiger partial charge in [-0.05, 0) is 38.3 Å². The van der Waals surface area contributed by atoms with E-state index in [1.165, 1.54) is 0 Å². The molecule has 1 aliphatic rings. The Balaban J connectivity index is 1.56. The van der Waals surface area contributed by atoms with E-state index in [1.807, 2.05) is 12.1 Å². The Morgan fingerprint density at radius 1 is 1.48 bits per heavy atom. The third-order valence-corrected chi connectivity index (χ3v) is 3.91. The molecule has 128 valence electrons. The van der Waals surface area contributed by atoms with Gasteiger partial charge in [-0.3, -0.25) is 4.79 Å². The first-order chi connectivity index (χ1) is 11.2. The minimum absolute atomic E-state index is 0.163. The van der Waals surface area contributed by atoms with Crippen molar-refractivity contribution in [3.05, 3.63) is 29.3 Å². The van der Waals surface area contributed by atoms with Crippen molar-refractivity contribution in [1.82, 2.24) is 5.32 Å². The Labute approximate surface area is 142 Å². The summed E-state index contributed by atoms with van der Waals surface area (Å²) in [5.41, 5.74) is 0. The van der Waals surface area contributed by atoms with Crippen molar-refractivity contribution in [2.24, 2.45) is 0 Å². The molecule has 5 nitrogen and oxygen atoms in total. The SMILES string of the molecule is CC(Oc1ccccc1Cl)C(=O)NCCCOCC1CCCO1. The first-order valence-corrected chi connectivity index (χ1v) is 8.43. The number of carbonyl (C=O) groups excluding carboxylic acids is 1. The number of amides is 1. The maximum absolute atomic E-state index is 12.0. The predicted molar refractivity (Wildman–Crippen MR) is 89.0 cm³/mol. The molecule has 1 heterocycles. The van der Waals surface area contributed by atoms with E-state index in [9.17, 15) is 4.79 Å². The first kappa shape index (κ1) is 18.0. The lowest BCUT2D eigenvalue weighted by molar-refractivity contribution is -0.127. The van der Waals surface area contributed by atoms with Crippen LogP contribution in [0.1, 0.15) is 26.2 Å². The van der Waals surface area contributed by atoms with E-state index in [4.69, 9.17) is 25.8 Å². The van der Waals surface area contributed by atoms with E-state index in [0.717, 1.165) is 25.9 Å². The number of nitrogens with one attached hydrogen (secondary N) is 1. The summed E-state index contributed by atoms with van der Waals surface area (Å²) >= 11 is 6.00. The molecule has 23 heavy (non-hydrogen) atoms. The number of hydrogen-bond acceptors (Lipinski definition) is 4. The minimum Gasteiger partial charge on any atom is -0.479 e. The molecule has 1 aromatic carbocycles. The quantitative estimate of drug-likeness (QED) is 0.702. The molecule has 0 bridgehead atoms. The van der Waals surface area contributed by atoms with Crippen LogP contribution in [0.25, 0.3) is 0 Å². The van der Waals surface area contributed by atoms with Gasteiger partial charge in [-0.15, -0.1) is 0 Å². The van der Waals surface area contributed by atoms with Crippen LogP contribution in [-0.2, 0) is 14.3 Å². The molecule has 0 aliphatic carbocycles. The molecule has 1 saturated heterocycles. The zero-order valence-electron chi connectivity index (χ0n) is 13.4. The Morgan fingerprint density at radius 2 is 2.30 bits per heavy atom. The fourth-order valence-corrected chi connectivity index (χ4v) is 2.48. The number of ether oxygens (including phenoxy) is 3. The van der Waals surface area contributed by atoms with Gasteiger partial charge in [0.15, 0.2) is 6.10 Å². The fraction of sp³-hybridized carbons (Fsp3) is 0.588. The molecular weight excluding hydrogens is 318 g/mol. The van der Waals surface area contributed by atoms with Gasteiger partial charge in [-0.2, -0.15) is 0 Å². The lowest BCUT2D eigenvalue weighted by Crippen LogP contribution is -2.37. The molecule has 0 radical (unpaired) electrons. The van der Waals surface area contributed by atoms with Crippen LogP contribution in [0, 0.1) is 0 Å². The summed E-state index contributed by atoms with van der Waals surface area (Å²) < 4.78 is 16.6. The van der Waals surface area contributed by atoms with Crippen LogP contribution >= 0.6 is 11.6 Å². The normalized spacial score (nSPS) is 18.6. The van der Waals surface area contributed by atoms with Crippen LogP contribution in [-0.4, -0.2) is 44.5 Å². The average molecular weight is 342 g/mol. The molecule has 1 fully saturated rings. The Morgan fingerprint density at radius 3 is 3.04 bits per heavy atom. The molecule has 1 aromatic rings.